The topological polar surface area (TPSA) is 59.3 Å². The fourth-order valence-corrected chi connectivity index (χ4v) is 2.52. The quantitative estimate of drug-likeness (QED) is 0.616. The van der Waals surface area contributed by atoms with Crippen LogP contribution >= 0.6 is 0 Å². The first-order chi connectivity index (χ1) is 10.8. The number of imidazole rings is 1. The maximum Gasteiger partial charge on any atom is 0.272 e. The minimum absolute atomic E-state index is 0.193. The molecule has 0 radical (unpaired) electrons. The maximum absolute atomic E-state index is 12.6. The normalized spacial score (nSPS) is 10.9. The Bertz CT molecular complexity index is 985. The van der Waals surface area contributed by atoms with Crippen molar-refractivity contribution >= 4 is 28.1 Å². The summed E-state index contributed by atoms with van der Waals surface area (Å²) in [6, 6.07) is 15.0. The highest BCUT2D eigenvalue weighted by Gasteiger charge is 2.12. The van der Waals surface area contributed by atoms with Crippen molar-refractivity contribution in [1.82, 2.24) is 14.4 Å². The van der Waals surface area contributed by atoms with E-state index in [4.69, 9.17) is 0 Å². The molecule has 3 aromatic heterocycles. The Balaban J connectivity index is 1.76. The fourth-order valence-electron chi connectivity index (χ4n) is 2.52. The molecule has 106 valence electrons. The third-order valence-corrected chi connectivity index (χ3v) is 3.54. The molecule has 0 unspecified atom stereocenters. The lowest BCUT2D eigenvalue weighted by Gasteiger charge is -2.09. The third-order valence-electron chi connectivity index (χ3n) is 3.54. The van der Waals surface area contributed by atoms with E-state index in [9.17, 15) is 4.79 Å². The molecule has 1 N–H and O–H groups in total. The van der Waals surface area contributed by atoms with Crippen LogP contribution in [0.15, 0.2) is 67.1 Å². The molecule has 0 bridgehead atoms. The molecule has 0 aliphatic heterocycles. The van der Waals surface area contributed by atoms with Crippen LogP contribution in [0.1, 0.15) is 10.5 Å². The van der Waals surface area contributed by atoms with Crippen LogP contribution in [0.4, 0.5) is 5.69 Å². The summed E-state index contributed by atoms with van der Waals surface area (Å²) in [4.78, 5) is 21.1. The Labute approximate surface area is 126 Å². The molecule has 1 amide bonds. The van der Waals surface area contributed by atoms with Crippen molar-refractivity contribution in [2.24, 2.45) is 0 Å². The van der Waals surface area contributed by atoms with Gasteiger partial charge >= 0.3 is 0 Å². The second-order valence-corrected chi connectivity index (χ2v) is 4.90. The highest BCUT2D eigenvalue weighted by molar-refractivity contribution is 6.07. The van der Waals surface area contributed by atoms with Crippen LogP contribution in [0.25, 0.3) is 16.6 Å². The number of para-hydroxylation sites is 1. The lowest BCUT2D eigenvalue weighted by atomic mass is 10.2. The number of pyridine rings is 2. The molecule has 0 saturated heterocycles. The number of carbonyl (C=O) groups is 1. The van der Waals surface area contributed by atoms with Gasteiger partial charge in [-0.05, 0) is 24.3 Å². The van der Waals surface area contributed by atoms with Gasteiger partial charge in [-0.3, -0.25) is 14.2 Å². The zero-order valence-electron chi connectivity index (χ0n) is 11.6. The Hall–Kier alpha value is -3.21. The SMILES string of the molecule is O=C(Nc1cccc2cccnc12)c1cccc2nccn12. The molecular weight excluding hydrogens is 276 g/mol. The first kappa shape index (κ1) is 12.5. The minimum Gasteiger partial charge on any atom is -0.319 e. The van der Waals surface area contributed by atoms with E-state index >= 15 is 0 Å². The summed E-state index contributed by atoms with van der Waals surface area (Å²) in [7, 11) is 0. The van der Waals surface area contributed by atoms with Gasteiger partial charge in [-0.15, -0.1) is 0 Å². The van der Waals surface area contributed by atoms with Crippen LogP contribution in [0.5, 0.6) is 0 Å². The standard InChI is InChI=1S/C17H12N4O/c22-17(14-7-2-8-15-18-10-11-21(14)15)20-13-6-1-4-12-5-3-9-19-16(12)13/h1-11H,(H,20,22). The predicted molar refractivity (Wildman–Crippen MR) is 84.9 cm³/mol. The van der Waals surface area contributed by atoms with Gasteiger partial charge in [0.15, 0.2) is 0 Å². The highest BCUT2D eigenvalue weighted by Crippen LogP contribution is 2.21. The first-order valence-corrected chi connectivity index (χ1v) is 6.90. The number of anilines is 1. The Morgan fingerprint density at radius 3 is 2.77 bits per heavy atom. The number of carbonyl (C=O) groups excluding carboxylic acids is 1. The number of amides is 1. The number of benzene rings is 1. The van der Waals surface area contributed by atoms with Crippen LogP contribution in [0.2, 0.25) is 0 Å². The van der Waals surface area contributed by atoms with Crippen molar-refractivity contribution in [3.05, 3.63) is 72.8 Å². The first-order valence-electron chi connectivity index (χ1n) is 6.90. The number of rotatable bonds is 2. The molecule has 5 heteroatoms. The van der Waals surface area contributed by atoms with Crippen LogP contribution in [-0.2, 0) is 0 Å². The highest BCUT2D eigenvalue weighted by atomic mass is 16.1. The van der Waals surface area contributed by atoms with E-state index in [1.54, 1.807) is 29.1 Å². The molecule has 0 spiro atoms. The van der Waals surface area contributed by atoms with Gasteiger partial charge in [-0.1, -0.05) is 24.3 Å². The van der Waals surface area contributed by atoms with E-state index in [-0.39, 0.29) is 5.91 Å². The van der Waals surface area contributed by atoms with Gasteiger partial charge in [0.05, 0.1) is 11.2 Å². The van der Waals surface area contributed by atoms with Crippen molar-refractivity contribution in [2.75, 3.05) is 5.32 Å². The molecule has 5 nitrogen and oxygen atoms in total. The summed E-state index contributed by atoms with van der Waals surface area (Å²) in [5.41, 5.74) is 2.74. The molecule has 0 fully saturated rings. The average Bonchev–Trinajstić information content (AvgIpc) is 3.03. The van der Waals surface area contributed by atoms with Crippen molar-refractivity contribution in [3.63, 3.8) is 0 Å². The minimum atomic E-state index is -0.193. The van der Waals surface area contributed by atoms with Crippen molar-refractivity contribution < 1.29 is 4.79 Å². The second-order valence-electron chi connectivity index (χ2n) is 4.90. The molecule has 0 aliphatic carbocycles. The summed E-state index contributed by atoms with van der Waals surface area (Å²) in [5, 5.41) is 3.92. The third kappa shape index (κ3) is 2.00. The van der Waals surface area contributed by atoms with E-state index in [2.05, 4.69) is 15.3 Å². The Morgan fingerprint density at radius 2 is 1.82 bits per heavy atom. The zero-order valence-corrected chi connectivity index (χ0v) is 11.6. The van der Waals surface area contributed by atoms with Gasteiger partial charge in [-0.2, -0.15) is 0 Å². The van der Waals surface area contributed by atoms with Gasteiger partial charge in [0.2, 0.25) is 0 Å². The molecule has 4 rings (SSSR count). The van der Waals surface area contributed by atoms with Gasteiger partial charge in [0.1, 0.15) is 11.3 Å². The lowest BCUT2D eigenvalue weighted by Crippen LogP contribution is -2.15. The van der Waals surface area contributed by atoms with Gasteiger partial charge in [-0.25, -0.2) is 4.98 Å². The number of hydrogen-bond donors (Lipinski definition) is 1. The van der Waals surface area contributed by atoms with Gasteiger partial charge in [0, 0.05) is 24.0 Å². The molecule has 0 atom stereocenters. The largest absolute Gasteiger partial charge is 0.319 e. The molecule has 0 aliphatic rings. The van der Waals surface area contributed by atoms with Crippen molar-refractivity contribution in [3.8, 4) is 0 Å². The zero-order chi connectivity index (χ0) is 14.9. The molecule has 0 saturated carbocycles. The Kier molecular flexibility index (Phi) is 2.83. The smallest absolute Gasteiger partial charge is 0.272 e. The maximum atomic E-state index is 12.6. The Morgan fingerprint density at radius 1 is 0.955 bits per heavy atom. The number of hydrogen-bond acceptors (Lipinski definition) is 3. The van der Waals surface area contributed by atoms with E-state index in [1.807, 2.05) is 42.5 Å². The van der Waals surface area contributed by atoms with Crippen LogP contribution in [0, 0.1) is 0 Å². The van der Waals surface area contributed by atoms with E-state index < -0.39 is 0 Å². The predicted octanol–water partition coefficient (Wildman–Crippen LogP) is 3.13. The number of aromatic nitrogens is 3. The van der Waals surface area contributed by atoms with Gasteiger partial charge < -0.3 is 5.32 Å². The average molecular weight is 288 g/mol. The summed E-state index contributed by atoms with van der Waals surface area (Å²) in [6.45, 7) is 0. The van der Waals surface area contributed by atoms with Crippen molar-refractivity contribution in [1.29, 1.82) is 0 Å². The summed E-state index contributed by atoms with van der Waals surface area (Å²) in [6.07, 6.45) is 5.16. The van der Waals surface area contributed by atoms with E-state index in [0.29, 0.717) is 11.4 Å². The lowest BCUT2D eigenvalue weighted by molar-refractivity contribution is 0.102. The summed E-state index contributed by atoms with van der Waals surface area (Å²) < 4.78 is 1.76. The van der Waals surface area contributed by atoms with E-state index in [0.717, 1.165) is 16.6 Å². The molecule has 4 aromatic rings. The summed E-state index contributed by atoms with van der Waals surface area (Å²) in [5.74, 6) is -0.193. The number of nitrogens with zero attached hydrogens (tertiary/aromatic N) is 3. The molecule has 22 heavy (non-hydrogen) atoms. The number of nitrogens with one attached hydrogen (secondary N) is 1. The molecule has 1 aromatic carbocycles. The van der Waals surface area contributed by atoms with Crippen LogP contribution < -0.4 is 5.32 Å². The van der Waals surface area contributed by atoms with Crippen molar-refractivity contribution in [2.45, 2.75) is 0 Å². The molecule has 3 heterocycles. The molecular formula is C17H12N4O. The van der Waals surface area contributed by atoms with E-state index in [1.165, 1.54) is 0 Å². The van der Waals surface area contributed by atoms with Crippen LogP contribution in [-0.4, -0.2) is 20.3 Å². The number of fused-ring (bicyclic) bond motifs is 2. The monoisotopic (exact) mass is 288 g/mol. The fraction of sp³-hybridized carbons (Fsp3) is 0. The second kappa shape index (κ2) is 4.96. The van der Waals surface area contributed by atoms with Crippen LogP contribution in [0.3, 0.4) is 0 Å². The van der Waals surface area contributed by atoms with Gasteiger partial charge in [0.25, 0.3) is 5.91 Å². The summed E-state index contributed by atoms with van der Waals surface area (Å²) >= 11 is 0.